The van der Waals surface area contributed by atoms with E-state index in [1.165, 1.54) is 22.5 Å². The summed E-state index contributed by atoms with van der Waals surface area (Å²) in [7, 11) is 1.78. The van der Waals surface area contributed by atoms with Crippen molar-refractivity contribution in [3.05, 3.63) is 76.0 Å². The Kier molecular flexibility index (Phi) is 5.88. The highest BCUT2D eigenvalue weighted by Crippen LogP contribution is 2.52. The quantitative estimate of drug-likeness (QED) is 0.617. The Labute approximate surface area is 193 Å². The van der Waals surface area contributed by atoms with Crippen molar-refractivity contribution in [3.8, 4) is 0 Å². The molecule has 6 nitrogen and oxygen atoms in total. The van der Waals surface area contributed by atoms with E-state index < -0.39 is 0 Å². The van der Waals surface area contributed by atoms with Crippen molar-refractivity contribution >= 4 is 17.2 Å². The molecule has 5 rings (SSSR count). The smallest absolute Gasteiger partial charge is 0.252 e. The van der Waals surface area contributed by atoms with Crippen LogP contribution in [-0.2, 0) is 23.2 Å². The number of nitrogens with zero attached hydrogens (tertiary/aromatic N) is 3. The maximum atomic E-state index is 12.9. The zero-order valence-electron chi connectivity index (χ0n) is 18.7. The summed E-state index contributed by atoms with van der Waals surface area (Å²) in [6, 6.07) is 10.3. The summed E-state index contributed by atoms with van der Waals surface area (Å²) in [6.45, 7) is 5.93. The molecule has 1 aliphatic carbocycles. The molecular formula is C25H30N4O2S. The third-order valence-corrected chi connectivity index (χ3v) is 7.94. The van der Waals surface area contributed by atoms with Gasteiger partial charge in [-0.3, -0.25) is 9.69 Å². The first-order chi connectivity index (χ1) is 15.7. The molecule has 0 radical (unpaired) electrons. The van der Waals surface area contributed by atoms with Crippen molar-refractivity contribution < 1.29 is 9.53 Å². The molecular weight excluding hydrogens is 420 g/mol. The molecule has 3 heterocycles. The molecule has 2 atom stereocenters. The van der Waals surface area contributed by atoms with Crippen LogP contribution in [0.2, 0.25) is 0 Å². The van der Waals surface area contributed by atoms with E-state index in [0.29, 0.717) is 5.56 Å². The van der Waals surface area contributed by atoms with Crippen molar-refractivity contribution in [2.75, 3.05) is 20.2 Å². The molecule has 1 spiro atoms. The van der Waals surface area contributed by atoms with Crippen LogP contribution >= 0.6 is 11.3 Å². The van der Waals surface area contributed by atoms with Gasteiger partial charge in [-0.15, -0.1) is 0 Å². The molecule has 0 unspecified atom stereocenters. The van der Waals surface area contributed by atoms with Gasteiger partial charge in [0.15, 0.2) is 0 Å². The van der Waals surface area contributed by atoms with Crippen molar-refractivity contribution in [2.45, 2.75) is 50.4 Å². The number of piperidine rings is 1. The number of amides is 1. The average Bonchev–Trinajstić information content (AvgIpc) is 3.56. The Balaban J connectivity index is 1.38. The predicted octanol–water partition coefficient (Wildman–Crippen LogP) is 4.00. The van der Waals surface area contributed by atoms with Gasteiger partial charge in [-0.1, -0.05) is 24.3 Å². The van der Waals surface area contributed by atoms with Gasteiger partial charge in [-0.05, 0) is 55.4 Å². The molecule has 3 aromatic rings. The van der Waals surface area contributed by atoms with E-state index in [2.05, 4.69) is 57.2 Å². The minimum atomic E-state index is -0.144. The van der Waals surface area contributed by atoms with Gasteiger partial charge in [0, 0.05) is 36.8 Å². The van der Waals surface area contributed by atoms with Gasteiger partial charge in [-0.2, -0.15) is 11.3 Å². The van der Waals surface area contributed by atoms with E-state index in [1.807, 2.05) is 23.0 Å². The van der Waals surface area contributed by atoms with Crippen LogP contribution in [0.3, 0.4) is 0 Å². The fraction of sp³-hybridized carbons (Fsp3) is 0.440. The van der Waals surface area contributed by atoms with Crippen molar-refractivity contribution in [1.29, 1.82) is 0 Å². The third-order valence-electron chi connectivity index (χ3n) is 7.26. The van der Waals surface area contributed by atoms with Crippen molar-refractivity contribution in [2.24, 2.45) is 0 Å². The number of fused-ring (bicyclic) bond motifs is 2. The SMILES string of the molecule is CCn1ccnc1CN1CCC2(CC1)c1ccccc1[C@@H](NC(=O)c1ccsc1)[C@@H]2OC. The van der Waals surface area contributed by atoms with E-state index in [0.717, 1.165) is 44.8 Å². The molecule has 168 valence electrons. The fourth-order valence-corrected chi connectivity index (χ4v) is 6.27. The van der Waals surface area contributed by atoms with Crippen molar-refractivity contribution in [1.82, 2.24) is 19.8 Å². The Hall–Kier alpha value is -2.48. The van der Waals surface area contributed by atoms with Crippen LogP contribution in [0.1, 0.15) is 53.1 Å². The molecule has 1 aromatic carbocycles. The molecule has 1 N–H and O–H groups in total. The number of thiophene rings is 1. The number of nitrogens with one attached hydrogen (secondary N) is 1. The third kappa shape index (κ3) is 3.58. The molecule has 0 saturated carbocycles. The van der Waals surface area contributed by atoms with Crippen LogP contribution in [0.4, 0.5) is 0 Å². The zero-order valence-corrected chi connectivity index (χ0v) is 19.5. The first-order valence-corrected chi connectivity index (χ1v) is 12.3. The van der Waals surface area contributed by atoms with Crippen LogP contribution in [-0.4, -0.2) is 46.7 Å². The number of methoxy groups -OCH3 is 1. The second-order valence-corrected chi connectivity index (χ2v) is 9.55. The molecule has 0 bridgehead atoms. The summed E-state index contributed by atoms with van der Waals surface area (Å²) in [5.74, 6) is 1.09. The Morgan fingerprint density at radius 2 is 2.09 bits per heavy atom. The number of carbonyl (C=O) groups is 1. The first-order valence-electron chi connectivity index (χ1n) is 11.3. The van der Waals surface area contributed by atoms with E-state index in [-0.39, 0.29) is 23.5 Å². The second-order valence-electron chi connectivity index (χ2n) is 8.77. The number of aryl methyl sites for hydroxylation is 1. The number of carbonyl (C=O) groups excluding carboxylic acids is 1. The maximum Gasteiger partial charge on any atom is 0.252 e. The van der Waals surface area contributed by atoms with Gasteiger partial charge in [-0.25, -0.2) is 4.98 Å². The van der Waals surface area contributed by atoms with Crippen molar-refractivity contribution in [3.63, 3.8) is 0 Å². The average molecular weight is 451 g/mol. The molecule has 1 saturated heterocycles. The number of hydrogen-bond acceptors (Lipinski definition) is 5. The van der Waals surface area contributed by atoms with Crippen LogP contribution in [0.5, 0.6) is 0 Å². The number of likely N-dealkylation sites (tertiary alicyclic amines) is 1. The summed E-state index contributed by atoms with van der Waals surface area (Å²) in [6.07, 6.45) is 5.86. The van der Waals surface area contributed by atoms with Gasteiger partial charge >= 0.3 is 0 Å². The largest absolute Gasteiger partial charge is 0.378 e. The second kappa shape index (κ2) is 8.81. The lowest BCUT2D eigenvalue weighted by molar-refractivity contribution is -0.0126. The van der Waals surface area contributed by atoms with E-state index in [9.17, 15) is 4.79 Å². The number of hydrogen-bond donors (Lipinski definition) is 1. The highest BCUT2D eigenvalue weighted by atomic mass is 32.1. The molecule has 7 heteroatoms. The molecule has 1 amide bonds. The summed E-state index contributed by atoms with van der Waals surface area (Å²) in [4.78, 5) is 20.0. The van der Waals surface area contributed by atoms with Gasteiger partial charge < -0.3 is 14.6 Å². The number of imidazole rings is 1. The normalized spacial score (nSPS) is 22.2. The first kappa shape index (κ1) is 21.4. The Bertz CT molecular complexity index is 1070. The minimum absolute atomic E-state index is 0.0333. The number of ether oxygens (including phenoxy) is 1. The van der Waals surface area contributed by atoms with Crippen LogP contribution in [0, 0.1) is 0 Å². The zero-order chi connectivity index (χ0) is 22.1. The number of benzene rings is 1. The van der Waals surface area contributed by atoms with Gasteiger partial charge in [0.25, 0.3) is 5.91 Å². The predicted molar refractivity (Wildman–Crippen MR) is 126 cm³/mol. The van der Waals surface area contributed by atoms with Crippen LogP contribution in [0.25, 0.3) is 0 Å². The van der Waals surface area contributed by atoms with Gasteiger partial charge in [0.1, 0.15) is 5.82 Å². The maximum absolute atomic E-state index is 12.9. The number of rotatable bonds is 6. The molecule has 1 aliphatic heterocycles. The van der Waals surface area contributed by atoms with Gasteiger partial charge in [0.2, 0.25) is 0 Å². The fourth-order valence-electron chi connectivity index (χ4n) is 5.63. The van der Waals surface area contributed by atoms with E-state index >= 15 is 0 Å². The lowest BCUT2D eigenvalue weighted by atomic mass is 9.72. The van der Waals surface area contributed by atoms with E-state index in [4.69, 9.17) is 4.74 Å². The lowest BCUT2D eigenvalue weighted by Gasteiger charge is -2.44. The lowest BCUT2D eigenvalue weighted by Crippen LogP contribution is -2.50. The minimum Gasteiger partial charge on any atom is -0.378 e. The standard InChI is InChI=1S/C25H30N4O2S/c1-3-29-14-11-26-21(29)16-28-12-9-25(10-13-28)20-7-5-4-6-19(20)22(23(25)31-2)27-24(30)18-8-15-32-17-18/h4-8,11,14-15,17,22-23H,3,9-10,12-13,16H2,1-2H3,(H,27,30)/t22-,23+/m1/s1. The molecule has 32 heavy (non-hydrogen) atoms. The van der Waals surface area contributed by atoms with E-state index in [1.54, 1.807) is 7.11 Å². The highest BCUT2D eigenvalue weighted by Gasteiger charge is 2.54. The summed E-state index contributed by atoms with van der Waals surface area (Å²) in [5, 5.41) is 7.12. The summed E-state index contributed by atoms with van der Waals surface area (Å²) < 4.78 is 8.36. The Morgan fingerprint density at radius 1 is 1.28 bits per heavy atom. The monoisotopic (exact) mass is 450 g/mol. The summed E-state index contributed by atoms with van der Waals surface area (Å²) >= 11 is 1.54. The number of aromatic nitrogens is 2. The topological polar surface area (TPSA) is 59.4 Å². The Morgan fingerprint density at radius 3 is 2.81 bits per heavy atom. The molecule has 1 fully saturated rings. The van der Waals surface area contributed by atoms with Gasteiger partial charge in [0.05, 0.1) is 24.3 Å². The summed E-state index contributed by atoms with van der Waals surface area (Å²) in [5.41, 5.74) is 3.15. The highest BCUT2D eigenvalue weighted by molar-refractivity contribution is 7.08. The molecule has 2 aliphatic rings. The molecule has 2 aromatic heterocycles. The van der Waals surface area contributed by atoms with Crippen LogP contribution < -0.4 is 5.32 Å². The van der Waals surface area contributed by atoms with Crippen LogP contribution in [0.15, 0.2) is 53.5 Å².